The summed E-state index contributed by atoms with van der Waals surface area (Å²) in [6, 6.07) is 5.05. The normalized spacial score (nSPS) is 15.3. The molecule has 1 aromatic rings. The highest BCUT2D eigenvalue weighted by atomic mass is 32.1. The van der Waals surface area contributed by atoms with E-state index in [0.29, 0.717) is 22.2 Å². The Labute approximate surface area is 136 Å². The van der Waals surface area contributed by atoms with Gasteiger partial charge in [0.15, 0.2) is 16.6 Å². The average Bonchev–Trinajstić information content (AvgIpc) is 2.54. The predicted molar refractivity (Wildman–Crippen MR) is 89.6 cm³/mol. The molecule has 5 nitrogen and oxygen atoms in total. The van der Waals surface area contributed by atoms with Gasteiger partial charge in [0, 0.05) is 18.7 Å². The number of amides is 1. The third-order valence-electron chi connectivity index (χ3n) is 3.94. The van der Waals surface area contributed by atoms with Gasteiger partial charge in [0.25, 0.3) is 5.91 Å². The van der Waals surface area contributed by atoms with E-state index in [0.717, 1.165) is 31.8 Å². The molecule has 6 heteroatoms. The molecule has 1 fully saturated rings. The molecule has 1 aliphatic heterocycles. The van der Waals surface area contributed by atoms with E-state index in [9.17, 15) is 4.79 Å². The van der Waals surface area contributed by atoms with Gasteiger partial charge < -0.3 is 14.4 Å². The van der Waals surface area contributed by atoms with Crippen LogP contribution in [0.4, 0.5) is 0 Å². The van der Waals surface area contributed by atoms with Gasteiger partial charge >= 0.3 is 0 Å². The lowest BCUT2D eigenvalue weighted by Crippen LogP contribution is -2.46. The number of hydrogen-bond acceptors (Lipinski definition) is 4. The zero-order valence-electron chi connectivity index (χ0n) is 13.2. The molecule has 0 spiro atoms. The number of benzene rings is 1. The number of likely N-dealkylation sites (tertiary alicyclic amines) is 1. The van der Waals surface area contributed by atoms with Crippen LogP contribution in [0.3, 0.4) is 0 Å². The number of rotatable bonds is 3. The van der Waals surface area contributed by atoms with Crippen LogP contribution in [0.1, 0.15) is 30.1 Å². The number of hydrogen-bond donors (Lipinski definition) is 1. The minimum Gasteiger partial charge on any atom is -0.493 e. The van der Waals surface area contributed by atoms with E-state index in [1.54, 1.807) is 32.4 Å². The standard InChI is InChI=1S/C16H22N2O3S/c1-11-6-8-18(9-7-11)16(22)17-15(19)12-4-5-13(20-2)14(10-12)21-3/h4-5,10-11H,6-9H2,1-3H3,(H,17,19,22). The molecule has 2 rings (SSSR count). The van der Waals surface area contributed by atoms with Gasteiger partial charge in [-0.05, 0) is 49.2 Å². The highest BCUT2D eigenvalue weighted by Crippen LogP contribution is 2.27. The second kappa shape index (κ2) is 7.45. The number of thiocarbonyl (C=S) groups is 1. The summed E-state index contributed by atoms with van der Waals surface area (Å²) in [4.78, 5) is 14.4. The Morgan fingerprint density at radius 3 is 2.45 bits per heavy atom. The van der Waals surface area contributed by atoms with Gasteiger partial charge in [-0.25, -0.2) is 0 Å². The van der Waals surface area contributed by atoms with Crippen LogP contribution in [0.2, 0.25) is 0 Å². The molecule has 1 aliphatic rings. The lowest BCUT2D eigenvalue weighted by atomic mass is 10.00. The maximum atomic E-state index is 12.3. The van der Waals surface area contributed by atoms with Crippen LogP contribution in [-0.4, -0.2) is 43.2 Å². The van der Waals surface area contributed by atoms with Crippen molar-refractivity contribution in [2.75, 3.05) is 27.3 Å². The highest BCUT2D eigenvalue weighted by molar-refractivity contribution is 7.80. The lowest BCUT2D eigenvalue weighted by molar-refractivity contribution is 0.0971. The maximum Gasteiger partial charge on any atom is 0.257 e. The van der Waals surface area contributed by atoms with Crippen molar-refractivity contribution in [3.63, 3.8) is 0 Å². The minimum atomic E-state index is -0.232. The third-order valence-corrected chi connectivity index (χ3v) is 4.30. The first-order valence-corrected chi connectivity index (χ1v) is 7.78. The van der Waals surface area contributed by atoms with E-state index >= 15 is 0 Å². The van der Waals surface area contributed by atoms with Crippen LogP contribution >= 0.6 is 12.2 Å². The molecule has 0 aliphatic carbocycles. The molecule has 0 saturated carbocycles. The van der Waals surface area contributed by atoms with Crippen LogP contribution in [-0.2, 0) is 0 Å². The van der Waals surface area contributed by atoms with Crippen LogP contribution in [0.15, 0.2) is 18.2 Å². The quantitative estimate of drug-likeness (QED) is 0.866. The van der Waals surface area contributed by atoms with Crippen molar-refractivity contribution < 1.29 is 14.3 Å². The van der Waals surface area contributed by atoms with Crippen LogP contribution < -0.4 is 14.8 Å². The molecule has 0 radical (unpaired) electrons. The number of carbonyl (C=O) groups excluding carboxylic acids is 1. The zero-order valence-corrected chi connectivity index (χ0v) is 14.0. The fraction of sp³-hybridized carbons (Fsp3) is 0.500. The van der Waals surface area contributed by atoms with E-state index in [1.807, 2.05) is 4.90 Å². The Morgan fingerprint density at radius 2 is 1.86 bits per heavy atom. The summed E-state index contributed by atoms with van der Waals surface area (Å²) < 4.78 is 10.4. The number of nitrogens with zero attached hydrogens (tertiary/aromatic N) is 1. The average molecular weight is 322 g/mol. The largest absolute Gasteiger partial charge is 0.493 e. The predicted octanol–water partition coefficient (Wildman–Crippen LogP) is 2.45. The second-order valence-electron chi connectivity index (χ2n) is 5.50. The van der Waals surface area contributed by atoms with Crippen molar-refractivity contribution in [3.05, 3.63) is 23.8 Å². The van der Waals surface area contributed by atoms with Gasteiger partial charge in [0.05, 0.1) is 14.2 Å². The highest BCUT2D eigenvalue weighted by Gasteiger charge is 2.20. The van der Waals surface area contributed by atoms with Gasteiger partial charge in [-0.2, -0.15) is 0 Å². The number of methoxy groups -OCH3 is 2. The summed E-state index contributed by atoms with van der Waals surface area (Å²) in [5.41, 5.74) is 0.491. The number of ether oxygens (including phenoxy) is 2. The summed E-state index contributed by atoms with van der Waals surface area (Å²) >= 11 is 5.34. The number of carbonyl (C=O) groups is 1. The first kappa shape index (κ1) is 16.5. The Morgan fingerprint density at radius 1 is 1.23 bits per heavy atom. The summed E-state index contributed by atoms with van der Waals surface area (Å²) in [5, 5.41) is 3.28. The second-order valence-corrected chi connectivity index (χ2v) is 5.89. The molecule has 120 valence electrons. The van der Waals surface area contributed by atoms with Crippen molar-refractivity contribution in [2.24, 2.45) is 5.92 Å². The molecular weight excluding hydrogens is 300 g/mol. The molecule has 1 amide bonds. The van der Waals surface area contributed by atoms with Crippen molar-refractivity contribution in [3.8, 4) is 11.5 Å². The van der Waals surface area contributed by atoms with E-state index in [4.69, 9.17) is 21.7 Å². The maximum absolute atomic E-state index is 12.3. The fourth-order valence-corrected chi connectivity index (χ4v) is 2.71. The molecule has 1 aromatic carbocycles. The molecule has 0 aromatic heterocycles. The summed E-state index contributed by atoms with van der Waals surface area (Å²) in [6.07, 6.45) is 2.21. The van der Waals surface area contributed by atoms with Crippen molar-refractivity contribution in [1.29, 1.82) is 0 Å². The molecule has 0 atom stereocenters. The zero-order chi connectivity index (χ0) is 16.1. The van der Waals surface area contributed by atoms with Gasteiger partial charge in [-0.1, -0.05) is 6.92 Å². The minimum absolute atomic E-state index is 0.232. The Hall–Kier alpha value is -1.82. The summed E-state index contributed by atoms with van der Waals surface area (Å²) in [5.74, 6) is 1.60. The van der Waals surface area contributed by atoms with E-state index in [-0.39, 0.29) is 5.91 Å². The molecular formula is C16H22N2O3S. The smallest absolute Gasteiger partial charge is 0.257 e. The van der Waals surface area contributed by atoms with Gasteiger partial charge in [-0.15, -0.1) is 0 Å². The summed E-state index contributed by atoms with van der Waals surface area (Å²) in [6.45, 7) is 4.03. The molecule has 0 bridgehead atoms. The van der Waals surface area contributed by atoms with Crippen LogP contribution in [0, 0.1) is 5.92 Å². The van der Waals surface area contributed by atoms with E-state index in [2.05, 4.69) is 12.2 Å². The van der Waals surface area contributed by atoms with Gasteiger partial charge in [0.2, 0.25) is 0 Å². The Bertz CT molecular complexity index is 554. The van der Waals surface area contributed by atoms with E-state index < -0.39 is 0 Å². The molecule has 1 saturated heterocycles. The Kier molecular flexibility index (Phi) is 5.60. The first-order valence-electron chi connectivity index (χ1n) is 7.37. The van der Waals surface area contributed by atoms with Crippen molar-refractivity contribution in [2.45, 2.75) is 19.8 Å². The van der Waals surface area contributed by atoms with Crippen molar-refractivity contribution >= 4 is 23.2 Å². The molecule has 0 unspecified atom stereocenters. The third kappa shape index (κ3) is 3.88. The molecule has 22 heavy (non-hydrogen) atoms. The first-order chi connectivity index (χ1) is 10.5. The SMILES string of the molecule is COc1ccc(C(=O)NC(=S)N2CCC(C)CC2)cc1OC. The fourth-order valence-electron chi connectivity index (χ4n) is 2.44. The Balaban J connectivity index is 2.01. The molecule has 1 heterocycles. The monoisotopic (exact) mass is 322 g/mol. The topological polar surface area (TPSA) is 50.8 Å². The van der Waals surface area contributed by atoms with Gasteiger partial charge in [-0.3, -0.25) is 10.1 Å². The van der Waals surface area contributed by atoms with Crippen molar-refractivity contribution in [1.82, 2.24) is 10.2 Å². The van der Waals surface area contributed by atoms with Gasteiger partial charge in [0.1, 0.15) is 0 Å². The lowest BCUT2D eigenvalue weighted by Gasteiger charge is -2.32. The summed E-state index contributed by atoms with van der Waals surface area (Å²) in [7, 11) is 3.10. The van der Waals surface area contributed by atoms with E-state index in [1.165, 1.54) is 0 Å². The number of piperidine rings is 1. The number of nitrogens with one attached hydrogen (secondary N) is 1. The van der Waals surface area contributed by atoms with Crippen LogP contribution in [0.5, 0.6) is 11.5 Å². The van der Waals surface area contributed by atoms with Crippen LogP contribution in [0.25, 0.3) is 0 Å². The molecule has 1 N–H and O–H groups in total.